The second-order valence-corrected chi connectivity index (χ2v) is 5.82. The van der Waals surface area contributed by atoms with Crippen LogP contribution in [0.3, 0.4) is 0 Å². The maximum atomic E-state index is 11.7. The van der Waals surface area contributed by atoms with Gasteiger partial charge in [0, 0.05) is 15.5 Å². The molecule has 0 fully saturated rings. The summed E-state index contributed by atoms with van der Waals surface area (Å²) in [6.45, 7) is 2.46. The quantitative estimate of drug-likeness (QED) is 0.939. The SMILES string of the molecule is Cc1csc(CNC(=O)Cc2ccc(Br)cc2)n1. The molecule has 2 aromatic rings. The molecular weight excluding hydrogens is 312 g/mol. The van der Waals surface area contributed by atoms with Crippen LogP contribution in [0.2, 0.25) is 0 Å². The Kier molecular flexibility index (Phi) is 4.49. The van der Waals surface area contributed by atoms with Crippen molar-refractivity contribution in [2.45, 2.75) is 19.9 Å². The minimum absolute atomic E-state index is 0.0187. The van der Waals surface area contributed by atoms with Gasteiger partial charge in [0.05, 0.1) is 13.0 Å². The Balaban J connectivity index is 1.83. The second kappa shape index (κ2) is 6.11. The zero-order chi connectivity index (χ0) is 13.0. The molecule has 0 unspecified atom stereocenters. The van der Waals surface area contributed by atoms with E-state index in [0.717, 1.165) is 20.7 Å². The van der Waals surface area contributed by atoms with Crippen LogP contribution in [0, 0.1) is 6.92 Å². The molecule has 0 aliphatic carbocycles. The fraction of sp³-hybridized carbons (Fsp3) is 0.231. The third-order valence-electron chi connectivity index (χ3n) is 2.38. The number of carbonyl (C=O) groups excluding carboxylic acids is 1. The molecule has 1 aromatic heterocycles. The van der Waals surface area contributed by atoms with Gasteiger partial charge in [0.2, 0.25) is 5.91 Å². The molecule has 0 aliphatic heterocycles. The number of hydrogen-bond donors (Lipinski definition) is 1. The van der Waals surface area contributed by atoms with E-state index in [2.05, 4.69) is 26.2 Å². The van der Waals surface area contributed by atoms with Gasteiger partial charge in [-0.05, 0) is 24.6 Å². The molecule has 0 aliphatic rings. The lowest BCUT2D eigenvalue weighted by atomic mass is 10.1. The summed E-state index contributed by atoms with van der Waals surface area (Å²) in [5.74, 6) is 0.0187. The number of nitrogens with zero attached hydrogens (tertiary/aromatic N) is 1. The fourth-order valence-corrected chi connectivity index (χ4v) is 2.48. The van der Waals surface area contributed by atoms with Crippen molar-refractivity contribution in [1.29, 1.82) is 0 Å². The van der Waals surface area contributed by atoms with E-state index in [-0.39, 0.29) is 5.91 Å². The average molecular weight is 325 g/mol. The topological polar surface area (TPSA) is 42.0 Å². The van der Waals surface area contributed by atoms with E-state index >= 15 is 0 Å². The number of rotatable bonds is 4. The number of aromatic nitrogens is 1. The van der Waals surface area contributed by atoms with Crippen molar-refractivity contribution in [2.75, 3.05) is 0 Å². The van der Waals surface area contributed by atoms with Crippen molar-refractivity contribution in [1.82, 2.24) is 10.3 Å². The molecule has 0 saturated carbocycles. The van der Waals surface area contributed by atoms with Crippen LogP contribution in [0.25, 0.3) is 0 Å². The number of amides is 1. The van der Waals surface area contributed by atoms with Gasteiger partial charge in [-0.2, -0.15) is 0 Å². The lowest BCUT2D eigenvalue weighted by Gasteiger charge is -2.03. The third-order valence-corrected chi connectivity index (χ3v) is 3.88. The largest absolute Gasteiger partial charge is 0.349 e. The summed E-state index contributed by atoms with van der Waals surface area (Å²) in [6.07, 6.45) is 0.400. The monoisotopic (exact) mass is 324 g/mol. The van der Waals surface area contributed by atoms with Crippen molar-refractivity contribution in [3.05, 3.63) is 50.4 Å². The van der Waals surface area contributed by atoms with Crippen LogP contribution >= 0.6 is 27.3 Å². The molecule has 1 amide bonds. The van der Waals surface area contributed by atoms with Gasteiger partial charge in [0.15, 0.2) is 0 Å². The Hall–Kier alpha value is -1.20. The maximum absolute atomic E-state index is 11.7. The molecular formula is C13H13BrN2OS. The molecule has 0 atom stereocenters. The van der Waals surface area contributed by atoms with Crippen molar-refractivity contribution in [3.8, 4) is 0 Å². The van der Waals surface area contributed by atoms with Crippen LogP contribution in [0.4, 0.5) is 0 Å². The van der Waals surface area contributed by atoms with Gasteiger partial charge in [-0.1, -0.05) is 28.1 Å². The van der Waals surface area contributed by atoms with Crippen LogP contribution < -0.4 is 5.32 Å². The molecule has 94 valence electrons. The summed E-state index contributed by atoms with van der Waals surface area (Å²) in [5.41, 5.74) is 2.00. The van der Waals surface area contributed by atoms with Gasteiger partial charge < -0.3 is 5.32 Å². The highest BCUT2D eigenvalue weighted by molar-refractivity contribution is 9.10. The highest BCUT2D eigenvalue weighted by Crippen LogP contribution is 2.11. The second-order valence-electron chi connectivity index (χ2n) is 3.96. The number of carbonyl (C=O) groups is 1. The molecule has 1 heterocycles. The lowest BCUT2D eigenvalue weighted by molar-refractivity contribution is -0.120. The molecule has 2 rings (SSSR count). The first kappa shape index (κ1) is 13.2. The molecule has 1 aromatic carbocycles. The Bertz CT molecular complexity index is 536. The molecule has 18 heavy (non-hydrogen) atoms. The van der Waals surface area contributed by atoms with Crippen LogP contribution in [-0.2, 0) is 17.8 Å². The molecule has 0 radical (unpaired) electrons. The van der Waals surface area contributed by atoms with Crippen LogP contribution in [0.15, 0.2) is 34.1 Å². The van der Waals surface area contributed by atoms with Gasteiger partial charge in [-0.3, -0.25) is 4.79 Å². The summed E-state index contributed by atoms with van der Waals surface area (Å²) in [7, 11) is 0. The number of benzene rings is 1. The van der Waals surface area contributed by atoms with E-state index in [1.54, 1.807) is 11.3 Å². The first-order valence-corrected chi connectivity index (χ1v) is 7.23. The summed E-state index contributed by atoms with van der Waals surface area (Å²) in [5, 5.41) is 5.80. The average Bonchev–Trinajstić information content (AvgIpc) is 2.76. The predicted molar refractivity (Wildman–Crippen MR) is 76.5 cm³/mol. The Morgan fingerprint density at radius 1 is 1.39 bits per heavy atom. The molecule has 0 spiro atoms. The number of halogens is 1. The maximum Gasteiger partial charge on any atom is 0.224 e. The molecule has 0 saturated heterocycles. The van der Waals surface area contributed by atoms with E-state index in [9.17, 15) is 4.79 Å². The number of aryl methyl sites for hydroxylation is 1. The minimum Gasteiger partial charge on any atom is -0.349 e. The predicted octanol–water partition coefficient (Wildman–Crippen LogP) is 3.07. The van der Waals surface area contributed by atoms with Crippen LogP contribution in [-0.4, -0.2) is 10.9 Å². The van der Waals surface area contributed by atoms with Crippen molar-refractivity contribution in [2.24, 2.45) is 0 Å². The Morgan fingerprint density at radius 3 is 2.72 bits per heavy atom. The van der Waals surface area contributed by atoms with Gasteiger partial charge in [-0.15, -0.1) is 11.3 Å². The van der Waals surface area contributed by atoms with Gasteiger partial charge >= 0.3 is 0 Å². The Morgan fingerprint density at radius 2 is 2.11 bits per heavy atom. The van der Waals surface area contributed by atoms with Gasteiger partial charge in [-0.25, -0.2) is 4.98 Å². The van der Waals surface area contributed by atoms with Crippen LogP contribution in [0.1, 0.15) is 16.3 Å². The zero-order valence-corrected chi connectivity index (χ0v) is 12.3. The van der Waals surface area contributed by atoms with Gasteiger partial charge in [0.25, 0.3) is 0 Å². The normalized spacial score (nSPS) is 10.3. The van der Waals surface area contributed by atoms with E-state index in [1.165, 1.54) is 0 Å². The van der Waals surface area contributed by atoms with Gasteiger partial charge in [0.1, 0.15) is 5.01 Å². The smallest absolute Gasteiger partial charge is 0.224 e. The summed E-state index contributed by atoms with van der Waals surface area (Å²) < 4.78 is 1.02. The fourth-order valence-electron chi connectivity index (χ4n) is 1.51. The number of thiazole rings is 1. The van der Waals surface area contributed by atoms with E-state index in [0.29, 0.717) is 13.0 Å². The standard InChI is InChI=1S/C13H13BrN2OS/c1-9-8-18-13(16-9)7-15-12(17)6-10-2-4-11(14)5-3-10/h2-5,8H,6-7H2,1H3,(H,15,17). The van der Waals surface area contributed by atoms with E-state index in [1.807, 2.05) is 36.6 Å². The molecule has 0 bridgehead atoms. The Labute approximate surface area is 118 Å². The highest BCUT2D eigenvalue weighted by Gasteiger charge is 2.05. The van der Waals surface area contributed by atoms with Crippen molar-refractivity contribution < 1.29 is 4.79 Å². The highest BCUT2D eigenvalue weighted by atomic mass is 79.9. The number of nitrogens with one attached hydrogen (secondary N) is 1. The summed E-state index contributed by atoms with van der Waals surface area (Å²) in [6, 6.07) is 7.76. The molecule has 3 nitrogen and oxygen atoms in total. The first-order valence-electron chi connectivity index (χ1n) is 5.55. The molecule has 5 heteroatoms. The summed E-state index contributed by atoms with van der Waals surface area (Å²) in [4.78, 5) is 16.0. The minimum atomic E-state index is 0.0187. The van der Waals surface area contributed by atoms with E-state index < -0.39 is 0 Å². The lowest BCUT2D eigenvalue weighted by Crippen LogP contribution is -2.24. The van der Waals surface area contributed by atoms with Crippen LogP contribution in [0.5, 0.6) is 0 Å². The zero-order valence-electron chi connectivity index (χ0n) is 9.94. The molecule has 1 N–H and O–H groups in total. The summed E-state index contributed by atoms with van der Waals surface area (Å²) >= 11 is 4.94. The van der Waals surface area contributed by atoms with Crippen molar-refractivity contribution in [3.63, 3.8) is 0 Å². The van der Waals surface area contributed by atoms with E-state index in [4.69, 9.17) is 0 Å². The number of hydrogen-bond acceptors (Lipinski definition) is 3. The third kappa shape index (κ3) is 3.92. The first-order chi connectivity index (χ1) is 8.63. The van der Waals surface area contributed by atoms with Crippen molar-refractivity contribution >= 4 is 33.2 Å².